The lowest BCUT2D eigenvalue weighted by atomic mass is 9.87. The number of hydrogen-bond acceptors (Lipinski definition) is 5. The number of aromatic nitrogens is 2. The summed E-state index contributed by atoms with van der Waals surface area (Å²) < 4.78 is 8.68. The van der Waals surface area contributed by atoms with Crippen LogP contribution in [0.4, 0.5) is 0 Å². The molecular formula is C30H40N4O2. The second-order valence-corrected chi connectivity index (χ2v) is 11.5. The Balaban J connectivity index is 1.59. The maximum Gasteiger partial charge on any atom is 0.323 e. The van der Waals surface area contributed by atoms with E-state index in [0.29, 0.717) is 24.8 Å². The van der Waals surface area contributed by atoms with Gasteiger partial charge in [-0.3, -0.25) is 14.7 Å². The Bertz CT molecular complexity index is 1270. The number of benzene rings is 1. The minimum Gasteiger partial charge on any atom is -0.453 e. The number of nitrogens with zero attached hydrogens (tertiary/aromatic N) is 3. The lowest BCUT2D eigenvalue weighted by Crippen LogP contribution is -2.40. The third-order valence-electron chi connectivity index (χ3n) is 8.16. The van der Waals surface area contributed by atoms with Crippen molar-refractivity contribution in [3.8, 4) is 0 Å². The van der Waals surface area contributed by atoms with Gasteiger partial charge < -0.3 is 15.0 Å². The molecule has 1 fully saturated rings. The van der Waals surface area contributed by atoms with Gasteiger partial charge in [0.05, 0.1) is 5.52 Å². The predicted octanol–water partition coefficient (Wildman–Crippen LogP) is 4.95. The van der Waals surface area contributed by atoms with E-state index in [0.717, 1.165) is 18.5 Å². The molecule has 4 heterocycles. The fourth-order valence-corrected chi connectivity index (χ4v) is 6.54. The number of aryl methyl sites for hydroxylation is 2. The highest BCUT2D eigenvalue weighted by atomic mass is 16.6. The van der Waals surface area contributed by atoms with Crippen molar-refractivity contribution in [2.24, 2.45) is 18.7 Å². The number of carbonyl (C=O) groups is 1. The average Bonchev–Trinajstić information content (AvgIpc) is 3.41. The van der Waals surface area contributed by atoms with Crippen LogP contribution in [-0.4, -0.2) is 39.6 Å². The zero-order valence-corrected chi connectivity index (χ0v) is 22.4. The van der Waals surface area contributed by atoms with Gasteiger partial charge in [0.2, 0.25) is 0 Å². The molecule has 0 saturated carbocycles. The molecule has 2 N–H and O–H groups in total. The van der Waals surface area contributed by atoms with E-state index in [1.54, 1.807) is 12.4 Å². The van der Waals surface area contributed by atoms with Crippen LogP contribution < -0.4 is 5.73 Å². The average molecular weight is 489 g/mol. The highest BCUT2D eigenvalue weighted by Gasteiger charge is 2.38. The van der Waals surface area contributed by atoms with E-state index in [1.807, 2.05) is 19.1 Å². The molecule has 6 heteroatoms. The van der Waals surface area contributed by atoms with Crippen LogP contribution in [0.3, 0.4) is 0 Å². The van der Waals surface area contributed by atoms with E-state index < -0.39 is 11.6 Å². The van der Waals surface area contributed by atoms with Crippen molar-refractivity contribution >= 4 is 16.9 Å². The van der Waals surface area contributed by atoms with Gasteiger partial charge in [0.15, 0.2) is 0 Å². The number of nitrogens with two attached hydrogens (primary N) is 1. The van der Waals surface area contributed by atoms with E-state index in [1.165, 1.54) is 52.7 Å². The maximum atomic E-state index is 13.2. The zero-order valence-electron chi connectivity index (χ0n) is 22.4. The monoisotopic (exact) mass is 488 g/mol. The summed E-state index contributed by atoms with van der Waals surface area (Å²) in [6, 6.07) is 8.38. The van der Waals surface area contributed by atoms with Crippen molar-refractivity contribution < 1.29 is 9.53 Å². The van der Waals surface area contributed by atoms with Crippen molar-refractivity contribution in [1.29, 1.82) is 0 Å². The van der Waals surface area contributed by atoms with Gasteiger partial charge in [-0.15, -0.1) is 0 Å². The van der Waals surface area contributed by atoms with Crippen LogP contribution in [0.2, 0.25) is 0 Å². The molecular weight excluding hydrogens is 448 g/mol. The second kappa shape index (κ2) is 9.64. The normalized spacial score (nSPS) is 20.2. The molecule has 0 aliphatic carbocycles. The van der Waals surface area contributed by atoms with Gasteiger partial charge in [0.25, 0.3) is 0 Å². The molecule has 2 aliphatic rings. The largest absolute Gasteiger partial charge is 0.453 e. The Morgan fingerprint density at radius 2 is 2.11 bits per heavy atom. The molecule has 1 aromatic carbocycles. The molecule has 0 amide bonds. The minimum atomic E-state index is -0.884. The topological polar surface area (TPSA) is 73.4 Å². The summed E-state index contributed by atoms with van der Waals surface area (Å²) in [6.45, 7) is 10.6. The smallest absolute Gasteiger partial charge is 0.323 e. The van der Waals surface area contributed by atoms with Crippen LogP contribution in [-0.2, 0) is 35.0 Å². The number of rotatable bonds is 7. The van der Waals surface area contributed by atoms with Crippen molar-refractivity contribution in [2.45, 2.75) is 77.5 Å². The molecule has 0 spiro atoms. The molecule has 0 bridgehead atoms. The first kappa shape index (κ1) is 25.0. The molecule has 6 nitrogen and oxygen atoms in total. The second-order valence-electron chi connectivity index (χ2n) is 11.5. The Labute approximate surface area is 214 Å². The van der Waals surface area contributed by atoms with Crippen LogP contribution in [0, 0.1) is 12.8 Å². The molecule has 3 atom stereocenters. The predicted molar refractivity (Wildman–Crippen MR) is 144 cm³/mol. The van der Waals surface area contributed by atoms with Crippen LogP contribution >= 0.6 is 0 Å². The quantitative estimate of drug-likeness (QED) is 0.477. The Morgan fingerprint density at radius 1 is 1.31 bits per heavy atom. The molecule has 2 aromatic heterocycles. The van der Waals surface area contributed by atoms with Crippen molar-refractivity contribution in [3.63, 3.8) is 0 Å². The maximum absolute atomic E-state index is 13.2. The van der Waals surface area contributed by atoms with Crippen molar-refractivity contribution in [2.75, 3.05) is 13.1 Å². The minimum absolute atomic E-state index is 0.318. The number of fused-ring (bicyclic) bond motifs is 5. The number of esters is 1. The van der Waals surface area contributed by atoms with E-state index >= 15 is 0 Å². The first-order chi connectivity index (χ1) is 17.2. The number of hydrogen-bond donors (Lipinski definition) is 1. The van der Waals surface area contributed by atoms with E-state index in [2.05, 4.69) is 54.4 Å². The summed E-state index contributed by atoms with van der Waals surface area (Å²) in [6.07, 6.45) is 8.29. The van der Waals surface area contributed by atoms with Gasteiger partial charge in [-0.2, -0.15) is 0 Å². The lowest BCUT2D eigenvalue weighted by molar-refractivity contribution is -0.161. The molecule has 2 aliphatic heterocycles. The third kappa shape index (κ3) is 4.46. The SMILES string of the molecule is Cc1cc(CC(C)(OC(=O)C(N)CC(C)C)c2cccnc2)c2c(c1)c1c(n2C)CCN2CCCC12. The van der Waals surface area contributed by atoms with Gasteiger partial charge in [-0.1, -0.05) is 31.5 Å². The molecule has 3 unspecified atom stereocenters. The summed E-state index contributed by atoms with van der Waals surface area (Å²) in [7, 11) is 2.20. The summed E-state index contributed by atoms with van der Waals surface area (Å²) >= 11 is 0. The zero-order chi connectivity index (χ0) is 25.6. The molecule has 192 valence electrons. The Hall–Kier alpha value is -2.70. The first-order valence-electron chi connectivity index (χ1n) is 13.4. The molecule has 1 saturated heterocycles. The molecule has 36 heavy (non-hydrogen) atoms. The van der Waals surface area contributed by atoms with Gasteiger partial charge in [0, 0.05) is 61.5 Å². The van der Waals surface area contributed by atoms with E-state index in [-0.39, 0.29) is 5.97 Å². The first-order valence-corrected chi connectivity index (χ1v) is 13.4. The summed E-state index contributed by atoms with van der Waals surface area (Å²) in [5.74, 6) is -0.0369. The third-order valence-corrected chi connectivity index (χ3v) is 8.16. The van der Waals surface area contributed by atoms with E-state index in [9.17, 15) is 4.79 Å². The van der Waals surface area contributed by atoms with Crippen LogP contribution in [0.25, 0.3) is 10.9 Å². The van der Waals surface area contributed by atoms with Crippen LogP contribution in [0.1, 0.15) is 74.0 Å². The number of pyridine rings is 1. The standard InChI is InChI=1S/C30H40N4O2/c1-19(2)14-24(31)29(35)36-30(4,22-8-6-11-32-18-22)17-21-15-20(3)16-23-27-25(33(5)28(21)23)10-13-34-12-7-9-26(27)34/h6,8,11,15-16,18-19,24,26H,7,9-10,12-14,17,31H2,1-5H3. The fourth-order valence-electron chi connectivity index (χ4n) is 6.54. The Morgan fingerprint density at radius 3 is 2.83 bits per heavy atom. The summed E-state index contributed by atoms with van der Waals surface area (Å²) in [4.78, 5) is 20.2. The molecule has 3 aromatic rings. The molecule has 5 rings (SSSR count). The summed E-state index contributed by atoms with van der Waals surface area (Å²) in [5.41, 5.74) is 12.9. The number of carbonyl (C=O) groups excluding carboxylic acids is 1. The van der Waals surface area contributed by atoms with Gasteiger partial charge in [-0.05, 0) is 68.8 Å². The van der Waals surface area contributed by atoms with Crippen molar-refractivity contribution in [1.82, 2.24) is 14.5 Å². The van der Waals surface area contributed by atoms with Crippen molar-refractivity contribution in [3.05, 3.63) is 64.6 Å². The highest BCUT2D eigenvalue weighted by Crippen LogP contribution is 2.44. The number of ether oxygens (including phenoxy) is 1. The van der Waals surface area contributed by atoms with E-state index in [4.69, 9.17) is 10.5 Å². The molecule has 0 radical (unpaired) electrons. The fraction of sp³-hybridized carbons (Fsp3) is 0.533. The van der Waals surface area contributed by atoms with Gasteiger partial charge in [-0.25, -0.2) is 0 Å². The van der Waals surface area contributed by atoms with Gasteiger partial charge in [0.1, 0.15) is 11.6 Å². The highest BCUT2D eigenvalue weighted by molar-refractivity contribution is 5.90. The lowest BCUT2D eigenvalue weighted by Gasteiger charge is -2.32. The summed E-state index contributed by atoms with van der Waals surface area (Å²) in [5, 5.41) is 1.36. The van der Waals surface area contributed by atoms with Gasteiger partial charge >= 0.3 is 5.97 Å². The van der Waals surface area contributed by atoms with Crippen LogP contribution in [0.5, 0.6) is 0 Å². The van der Waals surface area contributed by atoms with Crippen LogP contribution in [0.15, 0.2) is 36.7 Å². The Kier molecular flexibility index (Phi) is 6.69.